The van der Waals surface area contributed by atoms with Gasteiger partial charge < -0.3 is 10.6 Å². The molecule has 0 fully saturated rings. The molecule has 0 amide bonds. The van der Waals surface area contributed by atoms with Gasteiger partial charge in [0.05, 0.1) is 0 Å². The Kier molecular flexibility index (Phi) is 27.7. The average molecular weight is 258 g/mol. The summed E-state index contributed by atoms with van der Waals surface area (Å²) in [4.78, 5) is 0. The van der Waals surface area contributed by atoms with Gasteiger partial charge in [0.1, 0.15) is 0 Å². The number of hydrogen-bond acceptors (Lipinski definition) is 2. The summed E-state index contributed by atoms with van der Waals surface area (Å²) in [5, 5.41) is 6.67. The van der Waals surface area contributed by atoms with Gasteiger partial charge in [0.25, 0.3) is 0 Å². The van der Waals surface area contributed by atoms with Gasteiger partial charge in [-0.05, 0) is 33.2 Å². The van der Waals surface area contributed by atoms with Crippen LogP contribution in [-0.2, 0) is 0 Å². The molecule has 0 saturated heterocycles. The van der Waals surface area contributed by atoms with Crippen LogP contribution in [0.5, 0.6) is 0 Å². The minimum absolute atomic E-state index is 0.614. The highest BCUT2D eigenvalue weighted by atomic mass is 14.9. The zero-order valence-corrected chi connectivity index (χ0v) is 14.2. The highest BCUT2D eigenvalue weighted by Crippen LogP contribution is 1.89. The molecular weight excluding hydrogens is 220 g/mol. The lowest BCUT2D eigenvalue weighted by molar-refractivity contribution is 0.555. The van der Waals surface area contributed by atoms with Gasteiger partial charge in [-0.15, -0.1) is 0 Å². The maximum Gasteiger partial charge on any atom is 0.00790 e. The van der Waals surface area contributed by atoms with Crippen LogP contribution < -0.4 is 10.6 Å². The van der Waals surface area contributed by atoms with Crippen molar-refractivity contribution in [2.75, 3.05) is 19.6 Å². The summed E-state index contributed by atoms with van der Waals surface area (Å²) in [6.45, 7) is 20.2. The standard InChI is InChI=1S/C8H20N2.C6H12.C2H6/c1-4-5-9-6-7-10-8(2)3;1-4-5-6(2)3;1-2/h8-10H,4-7H2,1-3H3;5H,4H2,1-3H3;1-2H3. The Morgan fingerprint density at radius 2 is 1.56 bits per heavy atom. The van der Waals surface area contributed by atoms with Gasteiger partial charge in [-0.3, -0.25) is 0 Å². The van der Waals surface area contributed by atoms with Crippen molar-refractivity contribution in [2.45, 2.75) is 74.3 Å². The Labute approximate surface area is 117 Å². The van der Waals surface area contributed by atoms with E-state index in [1.165, 1.54) is 18.4 Å². The molecule has 0 radical (unpaired) electrons. The van der Waals surface area contributed by atoms with Crippen LogP contribution in [0.4, 0.5) is 0 Å². The first-order valence-corrected chi connectivity index (χ1v) is 7.62. The summed E-state index contributed by atoms with van der Waals surface area (Å²) in [7, 11) is 0. The average Bonchev–Trinajstić information content (AvgIpc) is 2.31. The van der Waals surface area contributed by atoms with Crippen LogP contribution in [0.25, 0.3) is 0 Å². The molecule has 0 aromatic carbocycles. The zero-order chi connectivity index (χ0) is 14.8. The maximum absolute atomic E-state index is 3.34. The fourth-order valence-electron chi connectivity index (χ4n) is 1.16. The first kappa shape index (κ1) is 22.8. The molecule has 0 aliphatic rings. The van der Waals surface area contributed by atoms with E-state index in [9.17, 15) is 0 Å². The van der Waals surface area contributed by atoms with E-state index in [1.54, 1.807) is 0 Å². The molecule has 2 heteroatoms. The number of hydrogen-bond donors (Lipinski definition) is 2. The fourth-order valence-corrected chi connectivity index (χ4v) is 1.16. The summed E-state index contributed by atoms with van der Waals surface area (Å²) >= 11 is 0. The monoisotopic (exact) mass is 258 g/mol. The largest absolute Gasteiger partial charge is 0.315 e. The van der Waals surface area contributed by atoms with Crippen molar-refractivity contribution in [3.8, 4) is 0 Å². The Morgan fingerprint density at radius 3 is 1.83 bits per heavy atom. The molecule has 0 heterocycles. The first-order valence-electron chi connectivity index (χ1n) is 7.62. The summed E-state index contributed by atoms with van der Waals surface area (Å²) in [6.07, 6.45) is 4.60. The van der Waals surface area contributed by atoms with Crippen LogP contribution >= 0.6 is 0 Å². The van der Waals surface area contributed by atoms with Crippen LogP contribution in [-0.4, -0.2) is 25.7 Å². The van der Waals surface area contributed by atoms with Gasteiger partial charge in [0.15, 0.2) is 0 Å². The number of rotatable bonds is 7. The van der Waals surface area contributed by atoms with Gasteiger partial charge in [-0.1, -0.05) is 53.2 Å². The molecule has 0 saturated carbocycles. The summed E-state index contributed by atoms with van der Waals surface area (Å²) < 4.78 is 0. The van der Waals surface area contributed by atoms with Gasteiger partial charge in [-0.25, -0.2) is 0 Å². The van der Waals surface area contributed by atoms with E-state index in [2.05, 4.69) is 58.3 Å². The smallest absolute Gasteiger partial charge is 0.00790 e. The van der Waals surface area contributed by atoms with E-state index in [1.807, 2.05) is 13.8 Å². The molecular formula is C16H38N2. The van der Waals surface area contributed by atoms with Crippen LogP contribution in [0.1, 0.15) is 68.2 Å². The van der Waals surface area contributed by atoms with Crippen LogP contribution in [0.3, 0.4) is 0 Å². The Balaban J connectivity index is -0.000000241. The molecule has 0 atom stereocenters. The molecule has 2 N–H and O–H groups in total. The van der Waals surface area contributed by atoms with Crippen molar-refractivity contribution in [2.24, 2.45) is 0 Å². The SMILES string of the molecule is CC.CCC=C(C)C.CCCNCCNC(C)C. The second-order valence-electron chi connectivity index (χ2n) is 4.55. The lowest BCUT2D eigenvalue weighted by Crippen LogP contribution is -2.31. The molecule has 0 bridgehead atoms. The number of nitrogens with one attached hydrogen (secondary N) is 2. The predicted molar refractivity (Wildman–Crippen MR) is 87.4 cm³/mol. The van der Waals surface area contributed by atoms with Gasteiger partial charge in [0.2, 0.25) is 0 Å². The summed E-state index contributed by atoms with van der Waals surface area (Å²) in [5.41, 5.74) is 1.41. The van der Waals surface area contributed by atoms with Crippen LogP contribution in [0, 0.1) is 0 Å². The van der Waals surface area contributed by atoms with Crippen LogP contribution in [0.2, 0.25) is 0 Å². The highest BCUT2D eigenvalue weighted by Gasteiger charge is 1.89. The highest BCUT2D eigenvalue weighted by molar-refractivity contribution is 4.91. The minimum atomic E-state index is 0.614. The molecule has 0 aromatic heterocycles. The van der Waals surface area contributed by atoms with E-state index in [4.69, 9.17) is 0 Å². The minimum Gasteiger partial charge on any atom is -0.315 e. The Hall–Kier alpha value is -0.340. The lowest BCUT2D eigenvalue weighted by atomic mass is 10.3. The molecule has 0 rings (SSSR count). The molecule has 2 nitrogen and oxygen atoms in total. The van der Waals surface area contributed by atoms with Gasteiger partial charge >= 0.3 is 0 Å². The maximum atomic E-state index is 3.34. The predicted octanol–water partition coefficient (Wildman–Crippen LogP) is 4.37. The quantitative estimate of drug-likeness (QED) is 0.523. The second kappa shape index (κ2) is 21.9. The van der Waals surface area contributed by atoms with Crippen LogP contribution in [0.15, 0.2) is 11.6 Å². The normalized spacial score (nSPS) is 8.94. The van der Waals surface area contributed by atoms with Crippen molar-refractivity contribution in [1.82, 2.24) is 10.6 Å². The third-order valence-corrected chi connectivity index (χ3v) is 1.89. The van der Waals surface area contributed by atoms with Gasteiger partial charge in [0, 0.05) is 19.1 Å². The molecule has 0 aromatic rings. The van der Waals surface area contributed by atoms with E-state index < -0.39 is 0 Å². The lowest BCUT2D eigenvalue weighted by Gasteiger charge is -2.07. The Morgan fingerprint density at radius 1 is 1.00 bits per heavy atom. The number of allylic oxidation sites excluding steroid dienone is 2. The van der Waals surface area contributed by atoms with E-state index in [-0.39, 0.29) is 0 Å². The molecule has 0 aliphatic carbocycles. The second-order valence-corrected chi connectivity index (χ2v) is 4.55. The topological polar surface area (TPSA) is 24.1 Å². The first-order chi connectivity index (χ1) is 8.54. The van der Waals surface area contributed by atoms with Crippen molar-refractivity contribution >= 4 is 0 Å². The third kappa shape index (κ3) is 36.1. The fraction of sp³-hybridized carbons (Fsp3) is 0.875. The summed E-state index contributed by atoms with van der Waals surface area (Å²) in [6, 6.07) is 0.614. The van der Waals surface area contributed by atoms with Crippen molar-refractivity contribution in [3.05, 3.63) is 11.6 Å². The third-order valence-electron chi connectivity index (χ3n) is 1.89. The van der Waals surface area contributed by atoms with E-state index >= 15 is 0 Å². The molecule has 112 valence electrons. The van der Waals surface area contributed by atoms with E-state index in [0.717, 1.165) is 19.6 Å². The molecule has 18 heavy (non-hydrogen) atoms. The summed E-state index contributed by atoms with van der Waals surface area (Å²) in [5.74, 6) is 0. The van der Waals surface area contributed by atoms with E-state index in [0.29, 0.717) is 6.04 Å². The van der Waals surface area contributed by atoms with Crippen molar-refractivity contribution in [3.63, 3.8) is 0 Å². The van der Waals surface area contributed by atoms with Crippen molar-refractivity contribution < 1.29 is 0 Å². The zero-order valence-electron chi connectivity index (χ0n) is 14.2. The van der Waals surface area contributed by atoms with Gasteiger partial charge in [-0.2, -0.15) is 0 Å². The van der Waals surface area contributed by atoms with Crippen molar-refractivity contribution in [1.29, 1.82) is 0 Å². The molecule has 0 unspecified atom stereocenters. The molecule has 0 aliphatic heterocycles. The Bertz CT molecular complexity index is 147. The molecule has 0 spiro atoms.